The second-order valence-electron chi connectivity index (χ2n) is 4.82. The van der Waals surface area contributed by atoms with E-state index < -0.39 is 17.5 Å². The second kappa shape index (κ2) is 5.61. The van der Waals surface area contributed by atoms with E-state index in [1.165, 1.54) is 0 Å². The molecule has 100 valence electrons. The molecule has 1 aliphatic rings. The van der Waals surface area contributed by atoms with Crippen molar-refractivity contribution in [3.8, 4) is 0 Å². The van der Waals surface area contributed by atoms with Crippen molar-refractivity contribution < 1.29 is 13.2 Å². The molecular weight excluding hydrogens is 241 g/mol. The highest BCUT2D eigenvalue weighted by Gasteiger charge is 2.19. The van der Waals surface area contributed by atoms with Gasteiger partial charge in [-0.1, -0.05) is 0 Å². The average molecular weight is 258 g/mol. The fraction of sp³-hybridized carbons (Fsp3) is 0.538. The smallest absolute Gasteiger partial charge is 0.152 e. The molecule has 1 heterocycles. The minimum absolute atomic E-state index is 0.0740. The summed E-state index contributed by atoms with van der Waals surface area (Å²) in [5.41, 5.74) is -0.248. The van der Waals surface area contributed by atoms with E-state index in [0.29, 0.717) is 18.2 Å². The first-order chi connectivity index (χ1) is 8.56. The van der Waals surface area contributed by atoms with Gasteiger partial charge in [0.1, 0.15) is 11.5 Å². The number of anilines is 1. The Morgan fingerprint density at radius 2 is 2.00 bits per heavy atom. The molecule has 0 amide bonds. The first-order valence-electron chi connectivity index (χ1n) is 6.20. The van der Waals surface area contributed by atoms with Gasteiger partial charge < -0.3 is 10.6 Å². The van der Waals surface area contributed by atoms with Crippen LogP contribution in [0.15, 0.2) is 12.1 Å². The monoisotopic (exact) mass is 258 g/mol. The van der Waals surface area contributed by atoms with E-state index in [9.17, 15) is 13.2 Å². The first kappa shape index (κ1) is 13.2. The molecule has 5 heteroatoms. The summed E-state index contributed by atoms with van der Waals surface area (Å²) < 4.78 is 39.6. The van der Waals surface area contributed by atoms with Crippen LogP contribution in [-0.4, -0.2) is 18.6 Å². The van der Waals surface area contributed by atoms with Gasteiger partial charge in [-0.15, -0.1) is 0 Å². The van der Waals surface area contributed by atoms with Crippen molar-refractivity contribution in [2.24, 2.45) is 0 Å². The topological polar surface area (TPSA) is 24.1 Å². The first-order valence-corrected chi connectivity index (χ1v) is 6.20. The Bertz CT molecular complexity index is 394. The van der Waals surface area contributed by atoms with E-state index >= 15 is 0 Å². The Balaban J connectivity index is 1.99. The maximum atomic E-state index is 13.4. The molecule has 0 bridgehead atoms. The van der Waals surface area contributed by atoms with Gasteiger partial charge in [0.15, 0.2) is 11.6 Å². The summed E-state index contributed by atoms with van der Waals surface area (Å²) in [6.45, 7) is 2.86. The van der Waals surface area contributed by atoms with E-state index in [1.807, 2.05) is 6.92 Å². The highest BCUT2D eigenvalue weighted by molar-refractivity contribution is 5.47. The fourth-order valence-electron chi connectivity index (χ4n) is 2.37. The number of benzene rings is 1. The van der Waals surface area contributed by atoms with E-state index in [1.54, 1.807) is 0 Å². The SMILES string of the molecule is CC(CC1CCCN1)Nc1c(F)cc(F)cc1F. The Morgan fingerprint density at radius 1 is 1.33 bits per heavy atom. The number of nitrogens with one attached hydrogen (secondary N) is 2. The number of hydrogen-bond acceptors (Lipinski definition) is 2. The molecular formula is C13H17F3N2. The molecule has 1 saturated heterocycles. The van der Waals surface area contributed by atoms with Crippen molar-refractivity contribution in [3.63, 3.8) is 0 Å². The van der Waals surface area contributed by atoms with Crippen LogP contribution in [0.3, 0.4) is 0 Å². The molecule has 2 atom stereocenters. The summed E-state index contributed by atoms with van der Waals surface area (Å²) in [7, 11) is 0. The van der Waals surface area contributed by atoms with Crippen molar-refractivity contribution in [1.82, 2.24) is 5.32 Å². The molecule has 1 fully saturated rings. The second-order valence-corrected chi connectivity index (χ2v) is 4.82. The third-order valence-electron chi connectivity index (χ3n) is 3.20. The van der Waals surface area contributed by atoms with E-state index in [2.05, 4.69) is 10.6 Å². The van der Waals surface area contributed by atoms with Gasteiger partial charge in [0.05, 0.1) is 0 Å². The van der Waals surface area contributed by atoms with Crippen LogP contribution in [-0.2, 0) is 0 Å². The zero-order valence-electron chi connectivity index (χ0n) is 10.3. The van der Waals surface area contributed by atoms with E-state index in [-0.39, 0.29) is 11.7 Å². The molecule has 1 aromatic carbocycles. The van der Waals surface area contributed by atoms with Gasteiger partial charge in [0.25, 0.3) is 0 Å². The van der Waals surface area contributed by atoms with Crippen LogP contribution in [0.4, 0.5) is 18.9 Å². The Labute approximate surface area is 105 Å². The third kappa shape index (κ3) is 3.16. The highest BCUT2D eigenvalue weighted by Crippen LogP contribution is 2.22. The van der Waals surface area contributed by atoms with Crippen LogP contribution < -0.4 is 10.6 Å². The Kier molecular flexibility index (Phi) is 4.11. The van der Waals surface area contributed by atoms with Crippen LogP contribution >= 0.6 is 0 Å². The maximum absolute atomic E-state index is 13.4. The predicted octanol–water partition coefficient (Wildman–Crippen LogP) is 3.05. The molecule has 2 N–H and O–H groups in total. The summed E-state index contributed by atoms with van der Waals surface area (Å²) in [6, 6.07) is 1.69. The van der Waals surface area contributed by atoms with Crippen LogP contribution in [0, 0.1) is 17.5 Å². The molecule has 0 spiro atoms. The van der Waals surface area contributed by atoms with Crippen molar-refractivity contribution in [3.05, 3.63) is 29.6 Å². The molecule has 18 heavy (non-hydrogen) atoms. The van der Waals surface area contributed by atoms with Crippen molar-refractivity contribution in [2.75, 3.05) is 11.9 Å². The van der Waals surface area contributed by atoms with E-state index in [0.717, 1.165) is 25.8 Å². The van der Waals surface area contributed by atoms with Gasteiger partial charge in [-0.25, -0.2) is 13.2 Å². The average Bonchev–Trinajstić information content (AvgIpc) is 2.76. The summed E-state index contributed by atoms with van der Waals surface area (Å²) in [4.78, 5) is 0. The third-order valence-corrected chi connectivity index (χ3v) is 3.20. The standard InChI is InChI=1S/C13H17F3N2/c1-8(5-10-3-2-4-17-10)18-13-11(15)6-9(14)7-12(13)16/h6-8,10,17-18H,2-5H2,1H3. The van der Waals surface area contributed by atoms with Crippen molar-refractivity contribution >= 4 is 5.69 Å². The maximum Gasteiger partial charge on any atom is 0.152 e. The molecule has 2 unspecified atom stereocenters. The van der Waals surface area contributed by atoms with Gasteiger partial charge in [-0.2, -0.15) is 0 Å². The van der Waals surface area contributed by atoms with Crippen LogP contribution in [0.25, 0.3) is 0 Å². The number of hydrogen-bond donors (Lipinski definition) is 2. The van der Waals surface area contributed by atoms with Crippen molar-refractivity contribution in [2.45, 2.75) is 38.3 Å². The molecule has 1 aromatic rings. The lowest BCUT2D eigenvalue weighted by Crippen LogP contribution is -2.29. The molecule has 0 radical (unpaired) electrons. The molecule has 1 aliphatic heterocycles. The predicted molar refractivity (Wildman–Crippen MR) is 65.0 cm³/mol. The molecule has 0 saturated carbocycles. The quantitative estimate of drug-likeness (QED) is 0.867. The molecule has 0 aromatic heterocycles. The Hall–Kier alpha value is -1.23. The van der Waals surface area contributed by atoms with Crippen LogP contribution in [0.5, 0.6) is 0 Å². The van der Waals surface area contributed by atoms with Gasteiger partial charge in [-0.3, -0.25) is 0 Å². The van der Waals surface area contributed by atoms with Crippen LogP contribution in [0.2, 0.25) is 0 Å². The summed E-state index contributed by atoms with van der Waals surface area (Å²) in [5.74, 6) is -2.68. The molecule has 2 rings (SSSR count). The number of rotatable bonds is 4. The molecule has 0 aliphatic carbocycles. The van der Waals surface area contributed by atoms with Gasteiger partial charge in [0, 0.05) is 24.2 Å². The number of halogens is 3. The Morgan fingerprint density at radius 3 is 2.56 bits per heavy atom. The minimum atomic E-state index is -0.902. The molecule has 2 nitrogen and oxygen atoms in total. The van der Waals surface area contributed by atoms with Crippen LogP contribution in [0.1, 0.15) is 26.2 Å². The highest BCUT2D eigenvalue weighted by atomic mass is 19.1. The summed E-state index contributed by atoms with van der Waals surface area (Å²) in [6.07, 6.45) is 3.01. The van der Waals surface area contributed by atoms with E-state index in [4.69, 9.17) is 0 Å². The van der Waals surface area contributed by atoms with Gasteiger partial charge in [0.2, 0.25) is 0 Å². The summed E-state index contributed by atoms with van der Waals surface area (Å²) in [5, 5.41) is 6.10. The zero-order chi connectivity index (χ0) is 13.1. The van der Waals surface area contributed by atoms with Gasteiger partial charge in [-0.05, 0) is 32.7 Å². The minimum Gasteiger partial charge on any atom is -0.378 e. The lowest BCUT2D eigenvalue weighted by Gasteiger charge is -2.20. The van der Waals surface area contributed by atoms with Crippen molar-refractivity contribution in [1.29, 1.82) is 0 Å². The summed E-state index contributed by atoms with van der Waals surface area (Å²) >= 11 is 0. The lowest BCUT2D eigenvalue weighted by atomic mass is 10.1. The normalized spacial score (nSPS) is 21.0. The fourth-order valence-corrected chi connectivity index (χ4v) is 2.37. The lowest BCUT2D eigenvalue weighted by molar-refractivity contribution is 0.511. The van der Waals surface area contributed by atoms with Gasteiger partial charge >= 0.3 is 0 Å². The zero-order valence-corrected chi connectivity index (χ0v) is 10.3. The largest absolute Gasteiger partial charge is 0.378 e.